The Kier molecular flexibility index (Phi) is 5.40. The number of carbonyl (C=O) groups excluding carboxylic acids is 1. The van der Waals surface area contributed by atoms with Crippen molar-refractivity contribution < 1.29 is 4.79 Å². The van der Waals surface area contributed by atoms with E-state index in [-0.39, 0.29) is 11.7 Å². The van der Waals surface area contributed by atoms with Gasteiger partial charge in [0, 0.05) is 33.9 Å². The van der Waals surface area contributed by atoms with Crippen LogP contribution in [0.3, 0.4) is 0 Å². The number of thioether (sulfide) groups is 1. The van der Waals surface area contributed by atoms with Gasteiger partial charge in [0.15, 0.2) is 0 Å². The largest absolute Gasteiger partial charge is 0.272 e. The van der Waals surface area contributed by atoms with Gasteiger partial charge in [-0.25, -0.2) is 5.43 Å². The van der Waals surface area contributed by atoms with Gasteiger partial charge in [0.1, 0.15) is 0 Å². The maximum atomic E-state index is 12.0. The average Bonchev–Trinajstić information content (AvgIpc) is 2.61. The molecule has 0 aliphatic rings. The van der Waals surface area contributed by atoms with E-state index < -0.39 is 0 Å². The summed E-state index contributed by atoms with van der Waals surface area (Å²) < 4.78 is 0. The van der Waals surface area contributed by atoms with Crippen LogP contribution in [0.15, 0.2) is 58.8 Å². The summed E-state index contributed by atoms with van der Waals surface area (Å²) in [7, 11) is 0. The molecule has 0 saturated carbocycles. The summed E-state index contributed by atoms with van der Waals surface area (Å²) in [4.78, 5) is 21.7. The molecule has 0 atom stereocenters. The molecule has 1 aromatic carbocycles. The van der Waals surface area contributed by atoms with Gasteiger partial charge in [-0.3, -0.25) is 14.8 Å². The summed E-state index contributed by atoms with van der Waals surface area (Å²) >= 11 is 1.49. The second-order valence-corrected chi connectivity index (χ2v) is 6.62. The van der Waals surface area contributed by atoms with Gasteiger partial charge in [-0.05, 0) is 31.5 Å². The van der Waals surface area contributed by atoms with Gasteiger partial charge in [-0.15, -0.1) is 11.8 Å². The Hall–Kier alpha value is -2.73. The SMILES string of the molecule is Cc1cc(SCC(=O)N/N=C\c2cccnc2)c2cccc(C)c2n1. The van der Waals surface area contributed by atoms with Crippen molar-refractivity contribution >= 4 is 34.8 Å². The third kappa shape index (κ3) is 4.42. The second-order valence-electron chi connectivity index (χ2n) is 5.60. The zero-order valence-corrected chi connectivity index (χ0v) is 14.9. The standard InChI is InChI=1S/C19H18N4OS/c1-13-5-3-7-16-17(9-14(2)22-19(13)16)25-12-18(24)23-21-11-15-6-4-8-20-10-15/h3-11H,12H2,1-2H3,(H,23,24)/b21-11-. The van der Waals surface area contributed by atoms with Gasteiger partial charge in [0.25, 0.3) is 0 Å². The summed E-state index contributed by atoms with van der Waals surface area (Å²) in [6.45, 7) is 4.01. The molecular weight excluding hydrogens is 332 g/mol. The zero-order chi connectivity index (χ0) is 17.6. The Balaban J connectivity index is 1.65. The molecule has 3 rings (SSSR count). The Labute approximate surface area is 150 Å². The molecule has 2 aromatic heterocycles. The van der Waals surface area contributed by atoms with E-state index in [2.05, 4.69) is 20.5 Å². The smallest absolute Gasteiger partial charge is 0.250 e. The molecule has 3 aromatic rings. The van der Waals surface area contributed by atoms with Crippen LogP contribution in [0.5, 0.6) is 0 Å². The Morgan fingerprint density at radius 1 is 1.28 bits per heavy atom. The van der Waals surface area contributed by atoms with Crippen molar-refractivity contribution in [2.75, 3.05) is 5.75 Å². The first-order valence-electron chi connectivity index (χ1n) is 7.85. The number of rotatable bonds is 5. The lowest BCUT2D eigenvalue weighted by Gasteiger charge is -2.09. The lowest BCUT2D eigenvalue weighted by Crippen LogP contribution is -2.19. The lowest BCUT2D eigenvalue weighted by atomic mass is 10.1. The maximum Gasteiger partial charge on any atom is 0.250 e. The predicted molar refractivity (Wildman–Crippen MR) is 102 cm³/mol. The van der Waals surface area contributed by atoms with Gasteiger partial charge in [0.05, 0.1) is 17.5 Å². The number of amides is 1. The average molecular weight is 350 g/mol. The highest BCUT2D eigenvalue weighted by molar-refractivity contribution is 8.00. The van der Waals surface area contributed by atoms with Crippen LogP contribution in [0.4, 0.5) is 0 Å². The van der Waals surface area contributed by atoms with Gasteiger partial charge >= 0.3 is 0 Å². The number of nitrogens with zero attached hydrogens (tertiary/aromatic N) is 3. The topological polar surface area (TPSA) is 67.2 Å². The van der Waals surface area contributed by atoms with Crippen LogP contribution in [0.25, 0.3) is 10.9 Å². The van der Waals surface area contributed by atoms with Gasteiger partial charge in [0.2, 0.25) is 5.91 Å². The number of pyridine rings is 2. The Bertz CT molecular complexity index is 925. The number of hydrazone groups is 1. The van der Waals surface area contributed by atoms with Crippen LogP contribution in [-0.2, 0) is 4.79 Å². The third-order valence-corrected chi connectivity index (χ3v) is 4.63. The van der Waals surface area contributed by atoms with E-state index in [1.807, 2.05) is 50.2 Å². The van der Waals surface area contributed by atoms with Crippen LogP contribution in [-0.4, -0.2) is 27.8 Å². The van der Waals surface area contributed by atoms with Crippen LogP contribution < -0.4 is 5.43 Å². The fourth-order valence-corrected chi connectivity index (χ4v) is 3.33. The van der Waals surface area contributed by atoms with Crippen molar-refractivity contribution in [1.29, 1.82) is 0 Å². The van der Waals surface area contributed by atoms with Crippen molar-refractivity contribution in [3.8, 4) is 0 Å². The van der Waals surface area contributed by atoms with Crippen molar-refractivity contribution in [1.82, 2.24) is 15.4 Å². The number of para-hydroxylation sites is 1. The maximum absolute atomic E-state index is 12.0. The zero-order valence-electron chi connectivity index (χ0n) is 14.1. The molecule has 0 aliphatic heterocycles. The van der Waals surface area contributed by atoms with E-state index in [0.29, 0.717) is 0 Å². The van der Waals surface area contributed by atoms with Crippen molar-refractivity contribution in [2.24, 2.45) is 5.10 Å². The molecule has 126 valence electrons. The molecule has 0 aliphatic carbocycles. The summed E-state index contributed by atoms with van der Waals surface area (Å²) in [5.74, 6) is 0.136. The molecule has 0 unspecified atom stereocenters. The number of aryl methyl sites for hydroxylation is 2. The van der Waals surface area contributed by atoms with E-state index in [0.717, 1.165) is 32.6 Å². The van der Waals surface area contributed by atoms with E-state index >= 15 is 0 Å². The summed E-state index contributed by atoms with van der Waals surface area (Å²) in [6, 6.07) is 11.8. The minimum absolute atomic E-state index is 0.152. The fourth-order valence-electron chi connectivity index (χ4n) is 2.41. The number of hydrogen-bond acceptors (Lipinski definition) is 5. The van der Waals surface area contributed by atoms with E-state index in [1.165, 1.54) is 11.8 Å². The van der Waals surface area contributed by atoms with Gasteiger partial charge in [-0.1, -0.05) is 24.3 Å². The van der Waals surface area contributed by atoms with Crippen LogP contribution >= 0.6 is 11.8 Å². The van der Waals surface area contributed by atoms with E-state index in [9.17, 15) is 4.79 Å². The number of nitrogens with one attached hydrogen (secondary N) is 1. The lowest BCUT2D eigenvalue weighted by molar-refractivity contribution is -0.118. The molecule has 1 N–H and O–H groups in total. The highest BCUT2D eigenvalue weighted by Gasteiger charge is 2.08. The number of fused-ring (bicyclic) bond motifs is 1. The highest BCUT2D eigenvalue weighted by atomic mass is 32.2. The molecule has 0 fully saturated rings. The van der Waals surface area contributed by atoms with E-state index in [1.54, 1.807) is 18.6 Å². The van der Waals surface area contributed by atoms with Crippen molar-refractivity contribution in [3.05, 3.63) is 65.6 Å². The number of hydrogen-bond donors (Lipinski definition) is 1. The van der Waals surface area contributed by atoms with Crippen LogP contribution in [0.2, 0.25) is 0 Å². The van der Waals surface area contributed by atoms with Crippen molar-refractivity contribution in [3.63, 3.8) is 0 Å². The van der Waals surface area contributed by atoms with Gasteiger partial charge < -0.3 is 0 Å². The van der Waals surface area contributed by atoms with Crippen LogP contribution in [0, 0.1) is 13.8 Å². The van der Waals surface area contributed by atoms with Crippen LogP contribution in [0.1, 0.15) is 16.8 Å². The Morgan fingerprint density at radius 3 is 2.96 bits per heavy atom. The second kappa shape index (κ2) is 7.90. The summed E-state index contributed by atoms with van der Waals surface area (Å²) in [5, 5.41) is 5.03. The highest BCUT2D eigenvalue weighted by Crippen LogP contribution is 2.29. The predicted octanol–water partition coefficient (Wildman–Crippen LogP) is 3.49. The first-order valence-corrected chi connectivity index (χ1v) is 8.84. The molecule has 6 heteroatoms. The first-order chi connectivity index (χ1) is 12.1. The summed E-state index contributed by atoms with van der Waals surface area (Å²) in [5.41, 5.74) is 6.44. The third-order valence-electron chi connectivity index (χ3n) is 3.58. The van der Waals surface area contributed by atoms with Gasteiger partial charge in [-0.2, -0.15) is 5.10 Å². The molecule has 0 radical (unpaired) electrons. The summed E-state index contributed by atoms with van der Waals surface area (Å²) in [6.07, 6.45) is 4.94. The fraction of sp³-hybridized carbons (Fsp3) is 0.158. The Morgan fingerprint density at radius 2 is 2.16 bits per heavy atom. The molecule has 5 nitrogen and oxygen atoms in total. The van der Waals surface area contributed by atoms with E-state index in [4.69, 9.17) is 0 Å². The molecule has 2 heterocycles. The molecular formula is C19H18N4OS. The first kappa shape index (κ1) is 17.1. The molecule has 0 spiro atoms. The molecule has 1 amide bonds. The van der Waals surface area contributed by atoms with Crippen molar-refractivity contribution in [2.45, 2.75) is 18.7 Å². The number of aromatic nitrogens is 2. The normalized spacial score (nSPS) is 11.1. The molecule has 25 heavy (non-hydrogen) atoms. The molecule has 0 saturated heterocycles. The minimum atomic E-state index is -0.152. The monoisotopic (exact) mass is 350 g/mol. The number of carbonyl (C=O) groups is 1. The molecule has 0 bridgehead atoms. The number of benzene rings is 1. The quantitative estimate of drug-likeness (QED) is 0.434. The minimum Gasteiger partial charge on any atom is -0.272 e.